The van der Waals surface area contributed by atoms with Crippen LogP contribution in [0.5, 0.6) is 0 Å². The highest BCUT2D eigenvalue weighted by molar-refractivity contribution is 5.91. The van der Waals surface area contributed by atoms with Crippen molar-refractivity contribution in [2.24, 2.45) is 0 Å². The van der Waals surface area contributed by atoms with E-state index in [1.165, 1.54) is 0 Å². The van der Waals surface area contributed by atoms with E-state index in [1.54, 1.807) is 25.4 Å². The minimum Gasteiger partial charge on any atom is -0.364 e. The Hall–Kier alpha value is -3.55. The zero-order valence-corrected chi connectivity index (χ0v) is 15.5. The van der Waals surface area contributed by atoms with Gasteiger partial charge in [0.15, 0.2) is 5.69 Å². The van der Waals surface area contributed by atoms with E-state index < -0.39 is 0 Å². The summed E-state index contributed by atoms with van der Waals surface area (Å²) in [6, 6.07) is 15.7. The third-order valence-electron chi connectivity index (χ3n) is 4.66. The first-order valence-electron chi connectivity index (χ1n) is 9.18. The van der Waals surface area contributed by atoms with Crippen molar-refractivity contribution in [2.45, 2.75) is 12.5 Å². The van der Waals surface area contributed by atoms with Gasteiger partial charge in [0.05, 0.1) is 5.69 Å². The van der Waals surface area contributed by atoms with E-state index in [9.17, 15) is 4.79 Å². The fourth-order valence-electron chi connectivity index (χ4n) is 3.20. The van der Waals surface area contributed by atoms with E-state index in [-0.39, 0.29) is 11.9 Å². The fourth-order valence-corrected chi connectivity index (χ4v) is 3.20. The Morgan fingerprint density at radius 2 is 1.96 bits per heavy atom. The lowest BCUT2D eigenvalue weighted by Gasteiger charge is -2.17. The number of rotatable bonds is 5. The maximum atomic E-state index is 11.5. The van der Waals surface area contributed by atoms with Crippen molar-refractivity contribution in [3.05, 3.63) is 60.4 Å². The van der Waals surface area contributed by atoms with Crippen LogP contribution in [0.2, 0.25) is 0 Å². The van der Waals surface area contributed by atoms with Crippen LogP contribution in [-0.4, -0.2) is 52.3 Å². The summed E-state index contributed by atoms with van der Waals surface area (Å²) in [5.74, 6) is 1.13. The number of carbonyl (C=O) groups is 1. The molecular weight excluding hydrogens is 354 g/mol. The third kappa shape index (κ3) is 3.90. The lowest BCUT2D eigenvalue weighted by molar-refractivity contribution is 0.0957. The van der Waals surface area contributed by atoms with Crippen molar-refractivity contribution in [2.75, 3.05) is 30.4 Å². The second-order valence-corrected chi connectivity index (χ2v) is 6.57. The molecule has 1 unspecified atom stereocenters. The van der Waals surface area contributed by atoms with Gasteiger partial charge in [-0.05, 0) is 24.6 Å². The SMILES string of the molecule is CNC(=O)c1ccc(NC2CCN(c3nccc(-c4ccccc4)n3)C2)nn1. The second-order valence-electron chi connectivity index (χ2n) is 6.57. The summed E-state index contributed by atoms with van der Waals surface area (Å²) in [6.45, 7) is 1.64. The highest BCUT2D eigenvalue weighted by atomic mass is 16.1. The maximum Gasteiger partial charge on any atom is 0.271 e. The molecule has 1 amide bonds. The Kier molecular flexibility index (Phi) is 5.09. The molecule has 3 aromatic rings. The van der Waals surface area contributed by atoms with Gasteiger partial charge in [0.2, 0.25) is 5.95 Å². The van der Waals surface area contributed by atoms with E-state index >= 15 is 0 Å². The highest BCUT2D eigenvalue weighted by Gasteiger charge is 2.25. The van der Waals surface area contributed by atoms with Crippen LogP contribution in [0.15, 0.2) is 54.7 Å². The zero-order chi connectivity index (χ0) is 19.3. The van der Waals surface area contributed by atoms with Crippen LogP contribution in [0.3, 0.4) is 0 Å². The molecule has 1 aliphatic rings. The molecule has 28 heavy (non-hydrogen) atoms. The lowest BCUT2D eigenvalue weighted by atomic mass is 10.1. The summed E-state index contributed by atoms with van der Waals surface area (Å²) in [5.41, 5.74) is 2.29. The minimum absolute atomic E-state index is 0.212. The number of anilines is 2. The van der Waals surface area contributed by atoms with Crippen LogP contribution < -0.4 is 15.5 Å². The summed E-state index contributed by atoms with van der Waals surface area (Å²) >= 11 is 0. The summed E-state index contributed by atoms with van der Waals surface area (Å²) < 4.78 is 0. The molecule has 2 N–H and O–H groups in total. The Bertz CT molecular complexity index is 946. The Morgan fingerprint density at radius 3 is 2.71 bits per heavy atom. The van der Waals surface area contributed by atoms with Gasteiger partial charge in [-0.1, -0.05) is 30.3 Å². The molecule has 1 fully saturated rings. The van der Waals surface area contributed by atoms with Gasteiger partial charge in [-0.3, -0.25) is 4.79 Å². The Balaban J connectivity index is 1.41. The molecule has 4 rings (SSSR count). The fraction of sp³-hybridized carbons (Fsp3) is 0.250. The Labute approximate surface area is 163 Å². The van der Waals surface area contributed by atoms with Gasteiger partial charge in [-0.2, -0.15) is 0 Å². The molecule has 3 heterocycles. The van der Waals surface area contributed by atoms with Crippen LogP contribution in [-0.2, 0) is 0 Å². The number of hydrogen-bond donors (Lipinski definition) is 2. The number of carbonyl (C=O) groups excluding carboxylic acids is 1. The van der Waals surface area contributed by atoms with Crippen LogP contribution >= 0.6 is 0 Å². The van der Waals surface area contributed by atoms with Crippen molar-refractivity contribution in [1.82, 2.24) is 25.5 Å². The first-order valence-corrected chi connectivity index (χ1v) is 9.18. The predicted molar refractivity (Wildman–Crippen MR) is 107 cm³/mol. The maximum absolute atomic E-state index is 11.5. The molecule has 2 aromatic heterocycles. The monoisotopic (exact) mass is 375 g/mol. The summed E-state index contributed by atoms with van der Waals surface area (Å²) in [4.78, 5) is 22.9. The van der Waals surface area contributed by atoms with Gasteiger partial charge in [0, 0.05) is 37.9 Å². The average Bonchev–Trinajstić information content (AvgIpc) is 3.23. The summed E-state index contributed by atoms with van der Waals surface area (Å²) in [5, 5.41) is 13.9. The zero-order valence-electron chi connectivity index (χ0n) is 15.5. The van der Waals surface area contributed by atoms with Crippen molar-refractivity contribution in [3.8, 4) is 11.3 Å². The smallest absolute Gasteiger partial charge is 0.271 e. The number of amides is 1. The molecule has 8 nitrogen and oxygen atoms in total. The molecule has 1 saturated heterocycles. The van der Waals surface area contributed by atoms with Gasteiger partial charge < -0.3 is 15.5 Å². The van der Waals surface area contributed by atoms with Crippen LogP contribution in [0.25, 0.3) is 11.3 Å². The van der Waals surface area contributed by atoms with Crippen molar-refractivity contribution in [3.63, 3.8) is 0 Å². The van der Waals surface area contributed by atoms with E-state index in [0.717, 1.165) is 36.7 Å². The highest BCUT2D eigenvalue weighted by Crippen LogP contribution is 2.22. The first-order chi connectivity index (χ1) is 13.7. The average molecular weight is 375 g/mol. The summed E-state index contributed by atoms with van der Waals surface area (Å²) in [6.07, 6.45) is 2.74. The standard InChI is InChI=1S/C20H21N7O/c1-21-19(28)17-7-8-18(26-25-17)23-15-10-12-27(13-15)20-22-11-9-16(24-20)14-5-3-2-4-6-14/h2-9,11,15H,10,12-13H2,1H3,(H,21,28)(H,23,26). The van der Waals surface area contributed by atoms with Crippen LogP contribution in [0, 0.1) is 0 Å². The topological polar surface area (TPSA) is 95.9 Å². The molecule has 142 valence electrons. The van der Waals surface area contributed by atoms with Gasteiger partial charge in [-0.15, -0.1) is 10.2 Å². The first kappa shape index (κ1) is 17.8. The number of benzene rings is 1. The molecule has 1 aliphatic heterocycles. The number of aromatic nitrogens is 4. The minimum atomic E-state index is -0.249. The molecule has 0 saturated carbocycles. The quantitative estimate of drug-likeness (QED) is 0.704. The predicted octanol–water partition coefficient (Wildman–Crippen LogP) is 1.98. The molecule has 1 aromatic carbocycles. The van der Waals surface area contributed by atoms with Crippen LogP contribution in [0.4, 0.5) is 11.8 Å². The van der Waals surface area contributed by atoms with E-state index in [0.29, 0.717) is 11.5 Å². The molecule has 0 radical (unpaired) electrons. The largest absolute Gasteiger partial charge is 0.364 e. The lowest BCUT2D eigenvalue weighted by Crippen LogP contribution is -2.28. The van der Waals surface area contributed by atoms with Crippen molar-refractivity contribution < 1.29 is 4.79 Å². The van der Waals surface area contributed by atoms with Crippen LogP contribution in [0.1, 0.15) is 16.9 Å². The Morgan fingerprint density at radius 1 is 1.11 bits per heavy atom. The van der Waals surface area contributed by atoms with Crippen molar-refractivity contribution >= 4 is 17.7 Å². The van der Waals surface area contributed by atoms with Gasteiger partial charge >= 0.3 is 0 Å². The molecule has 0 spiro atoms. The van der Waals surface area contributed by atoms with Crippen molar-refractivity contribution in [1.29, 1.82) is 0 Å². The number of hydrogen-bond acceptors (Lipinski definition) is 7. The number of nitrogens with one attached hydrogen (secondary N) is 2. The third-order valence-corrected chi connectivity index (χ3v) is 4.66. The van der Waals surface area contributed by atoms with Gasteiger partial charge in [0.1, 0.15) is 5.82 Å². The molecular formula is C20H21N7O. The molecule has 0 aliphatic carbocycles. The summed E-state index contributed by atoms with van der Waals surface area (Å²) in [7, 11) is 1.57. The molecule has 0 bridgehead atoms. The molecule has 1 atom stereocenters. The second kappa shape index (κ2) is 7.99. The van der Waals surface area contributed by atoms with Gasteiger partial charge in [-0.25, -0.2) is 9.97 Å². The number of nitrogens with zero attached hydrogens (tertiary/aromatic N) is 5. The van der Waals surface area contributed by atoms with E-state index in [4.69, 9.17) is 4.98 Å². The van der Waals surface area contributed by atoms with E-state index in [2.05, 4.69) is 30.7 Å². The van der Waals surface area contributed by atoms with Gasteiger partial charge in [0.25, 0.3) is 5.91 Å². The van der Waals surface area contributed by atoms with E-state index in [1.807, 2.05) is 36.4 Å². The molecule has 8 heteroatoms. The normalized spacial score (nSPS) is 16.0.